The quantitative estimate of drug-likeness (QED) is 0.105. The zero-order valence-corrected chi connectivity index (χ0v) is 31.3. The fourth-order valence-electron chi connectivity index (χ4n) is 7.62. The molecule has 55 heavy (non-hydrogen) atoms. The molecule has 0 aliphatic rings. The van der Waals surface area contributed by atoms with Crippen LogP contribution >= 0.6 is 0 Å². The molecule has 0 radical (unpaired) electrons. The van der Waals surface area contributed by atoms with Gasteiger partial charge in [-0.1, -0.05) is 177 Å². The third kappa shape index (κ3) is 7.14. The molecule has 0 atom stereocenters. The summed E-state index contributed by atoms with van der Waals surface area (Å²) in [5.74, 6) is 0.562. The van der Waals surface area contributed by atoms with Gasteiger partial charge in [-0.15, -0.1) is 15.0 Å². The molecule has 8 aromatic rings. The van der Waals surface area contributed by atoms with E-state index in [4.69, 9.17) is 25.2 Å². The van der Waals surface area contributed by atoms with Gasteiger partial charge in [-0.2, -0.15) is 5.10 Å². The minimum absolute atomic E-state index is 0.518. The van der Waals surface area contributed by atoms with Crippen molar-refractivity contribution >= 4 is 0 Å². The van der Waals surface area contributed by atoms with Crippen molar-refractivity contribution in [3.8, 4) is 22.5 Å². The topological polar surface area (TPSA) is 70.7 Å². The summed E-state index contributed by atoms with van der Waals surface area (Å²) in [6, 6.07) is 58.7. The van der Waals surface area contributed by atoms with Crippen LogP contribution in [0.4, 0.5) is 0 Å². The van der Waals surface area contributed by atoms with Crippen molar-refractivity contribution in [2.75, 3.05) is 0 Å². The Morgan fingerprint density at radius 1 is 0.545 bits per heavy atom. The summed E-state index contributed by atoms with van der Waals surface area (Å²) in [6.07, 6.45) is 1.65. The van der Waals surface area contributed by atoms with Crippen molar-refractivity contribution < 1.29 is 4.74 Å². The molecule has 0 aliphatic heterocycles. The monoisotopic (exact) mass is 720 g/mol. The van der Waals surface area contributed by atoms with Crippen molar-refractivity contribution in [2.45, 2.75) is 52.0 Å². The maximum Gasteiger partial charge on any atom is 0.205 e. The van der Waals surface area contributed by atoms with Gasteiger partial charge in [0.05, 0.1) is 24.6 Å². The van der Waals surface area contributed by atoms with Gasteiger partial charge in [0.25, 0.3) is 0 Å². The van der Waals surface area contributed by atoms with Crippen molar-refractivity contribution in [1.29, 1.82) is 0 Å². The molecule has 0 N–H and O–H groups in total. The number of hydrogen-bond acceptors (Lipinski definition) is 5. The Bertz CT molecular complexity index is 2340. The van der Waals surface area contributed by atoms with Gasteiger partial charge in [0, 0.05) is 24.1 Å². The molecule has 7 heteroatoms. The van der Waals surface area contributed by atoms with Crippen molar-refractivity contribution in [1.82, 2.24) is 30.0 Å². The summed E-state index contributed by atoms with van der Waals surface area (Å²) < 4.78 is 8.34. The first-order chi connectivity index (χ1) is 27.2. The van der Waals surface area contributed by atoms with Crippen LogP contribution in [0.3, 0.4) is 0 Å². The third-order valence-electron chi connectivity index (χ3n) is 10.3. The average Bonchev–Trinajstić information content (AvgIpc) is 3.88. The van der Waals surface area contributed by atoms with E-state index in [0.717, 1.165) is 64.2 Å². The van der Waals surface area contributed by atoms with E-state index in [9.17, 15) is 0 Å². The largest absolute Gasteiger partial charge is 0.370 e. The van der Waals surface area contributed by atoms with E-state index in [1.807, 2.05) is 42.5 Å². The molecular weight excluding hydrogens is 677 g/mol. The van der Waals surface area contributed by atoms with Crippen LogP contribution in [0.1, 0.15) is 58.6 Å². The van der Waals surface area contributed by atoms with E-state index >= 15 is 0 Å². The normalized spacial score (nSPS) is 11.5. The van der Waals surface area contributed by atoms with Crippen LogP contribution in [0.15, 0.2) is 170 Å². The first kappa shape index (κ1) is 35.6. The molecule has 0 saturated carbocycles. The Hall–Kier alpha value is -6.44. The standard InChI is InChI=1S/C48H44N6O/c1-3-45-44(46(53(4-2)50-45)35-55-34-37-19-9-5-10-20-37)33-36-29-31-38(32-30-36)42-27-17-18-28-43(42)47-49-52-54(51-47)48(39-21-11-6-12-22-39,40-23-13-7-14-24-40)41-25-15-8-16-26-41/h5-32H,3-4,33-35H2,1-2H3. The predicted octanol–water partition coefficient (Wildman–Crippen LogP) is 9.93. The van der Waals surface area contributed by atoms with Gasteiger partial charge in [0.2, 0.25) is 5.82 Å². The number of nitrogens with zero attached hydrogens (tertiary/aromatic N) is 6. The van der Waals surface area contributed by atoms with E-state index in [1.165, 1.54) is 16.7 Å². The van der Waals surface area contributed by atoms with Gasteiger partial charge in [-0.3, -0.25) is 4.68 Å². The second-order valence-electron chi connectivity index (χ2n) is 13.6. The minimum Gasteiger partial charge on any atom is -0.370 e. The van der Waals surface area contributed by atoms with Gasteiger partial charge in [0.1, 0.15) is 0 Å². The van der Waals surface area contributed by atoms with E-state index < -0.39 is 5.54 Å². The molecule has 272 valence electrons. The van der Waals surface area contributed by atoms with Crippen LogP contribution < -0.4 is 0 Å². The second kappa shape index (κ2) is 16.3. The summed E-state index contributed by atoms with van der Waals surface area (Å²) in [5.41, 5.74) is 11.2. The first-order valence-electron chi connectivity index (χ1n) is 19.0. The van der Waals surface area contributed by atoms with Gasteiger partial charge in [-0.25, -0.2) is 0 Å². The molecule has 0 saturated heterocycles. The predicted molar refractivity (Wildman–Crippen MR) is 218 cm³/mol. The number of aryl methyl sites for hydroxylation is 2. The molecule has 0 fully saturated rings. The molecule has 0 amide bonds. The fourth-order valence-corrected chi connectivity index (χ4v) is 7.62. The van der Waals surface area contributed by atoms with Gasteiger partial charge >= 0.3 is 0 Å². The highest BCUT2D eigenvalue weighted by molar-refractivity contribution is 5.80. The lowest BCUT2D eigenvalue weighted by Crippen LogP contribution is -2.39. The highest BCUT2D eigenvalue weighted by Crippen LogP contribution is 2.40. The van der Waals surface area contributed by atoms with Crippen LogP contribution in [-0.2, 0) is 42.9 Å². The number of hydrogen-bond donors (Lipinski definition) is 0. The molecule has 0 unspecified atom stereocenters. The molecule has 0 bridgehead atoms. The highest BCUT2D eigenvalue weighted by Gasteiger charge is 2.41. The summed E-state index contributed by atoms with van der Waals surface area (Å²) >= 11 is 0. The number of aromatic nitrogens is 6. The maximum absolute atomic E-state index is 6.24. The van der Waals surface area contributed by atoms with Gasteiger partial charge < -0.3 is 4.74 Å². The summed E-state index contributed by atoms with van der Waals surface area (Å²) in [5, 5.41) is 19.7. The lowest BCUT2D eigenvalue weighted by atomic mass is 9.77. The summed E-state index contributed by atoms with van der Waals surface area (Å²) in [7, 11) is 0. The van der Waals surface area contributed by atoms with Crippen LogP contribution in [0.25, 0.3) is 22.5 Å². The average molecular weight is 721 g/mol. The number of ether oxygens (including phenoxy) is 1. The van der Waals surface area contributed by atoms with Crippen molar-refractivity contribution in [2.24, 2.45) is 0 Å². The molecule has 7 nitrogen and oxygen atoms in total. The van der Waals surface area contributed by atoms with Crippen LogP contribution in [0, 0.1) is 0 Å². The lowest BCUT2D eigenvalue weighted by Gasteiger charge is -2.34. The Morgan fingerprint density at radius 3 is 1.65 bits per heavy atom. The summed E-state index contributed by atoms with van der Waals surface area (Å²) in [6.45, 7) is 6.20. The minimum atomic E-state index is -0.847. The van der Waals surface area contributed by atoms with E-state index in [0.29, 0.717) is 19.0 Å². The first-order valence-corrected chi connectivity index (χ1v) is 19.0. The molecule has 0 aliphatic carbocycles. The van der Waals surface area contributed by atoms with Crippen LogP contribution in [-0.4, -0.2) is 30.0 Å². The molecule has 2 aromatic heterocycles. The smallest absolute Gasteiger partial charge is 0.205 e. The Labute approximate surface area is 322 Å². The molecule has 8 rings (SSSR count). The fraction of sp³-hybridized carbons (Fsp3) is 0.167. The number of rotatable bonds is 14. The molecule has 6 aromatic carbocycles. The second-order valence-corrected chi connectivity index (χ2v) is 13.6. The zero-order valence-electron chi connectivity index (χ0n) is 31.3. The Kier molecular flexibility index (Phi) is 10.5. The van der Waals surface area contributed by atoms with Crippen LogP contribution in [0.2, 0.25) is 0 Å². The van der Waals surface area contributed by atoms with E-state index in [1.54, 1.807) is 4.80 Å². The Balaban J connectivity index is 1.12. The van der Waals surface area contributed by atoms with Crippen molar-refractivity contribution in [3.05, 3.63) is 215 Å². The third-order valence-corrected chi connectivity index (χ3v) is 10.3. The lowest BCUT2D eigenvalue weighted by molar-refractivity contribution is 0.101. The van der Waals surface area contributed by atoms with Gasteiger partial charge in [0.15, 0.2) is 5.54 Å². The van der Waals surface area contributed by atoms with Gasteiger partial charge in [-0.05, 0) is 57.5 Å². The molecule has 2 heterocycles. The van der Waals surface area contributed by atoms with E-state index in [2.05, 4.69) is 146 Å². The number of tetrazole rings is 1. The van der Waals surface area contributed by atoms with Crippen molar-refractivity contribution in [3.63, 3.8) is 0 Å². The van der Waals surface area contributed by atoms with Crippen LogP contribution in [0.5, 0.6) is 0 Å². The molecule has 0 spiro atoms. The van der Waals surface area contributed by atoms with E-state index in [-0.39, 0.29) is 0 Å². The number of benzene rings is 6. The summed E-state index contributed by atoms with van der Waals surface area (Å²) in [4.78, 5) is 1.78. The highest BCUT2D eigenvalue weighted by atomic mass is 16.5. The zero-order chi connectivity index (χ0) is 37.5. The molecular formula is C48H44N6O. The Morgan fingerprint density at radius 2 is 1.09 bits per heavy atom. The maximum atomic E-state index is 6.24. The SMILES string of the molecule is CCc1nn(CC)c(COCc2ccccc2)c1Cc1ccc(-c2ccccc2-c2nnn(C(c3ccccc3)(c3ccccc3)c3ccccc3)n2)cc1.